The highest BCUT2D eigenvalue weighted by Crippen LogP contribution is 2.34. The molecule has 2 aromatic carbocycles. The normalized spacial score (nSPS) is 12.6. The first-order chi connectivity index (χ1) is 11.2. The van der Waals surface area contributed by atoms with Crippen molar-refractivity contribution >= 4 is 11.6 Å². The van der Waals surface area contributed by atoms with E-state index >= 15 is 0 Å². The molecule has 1 atom stereocenters. The fourth-order valence-corrected chi connectivity index (χ4v) is 1.88. The van der Waals surface area contributed by atoms with E-state index < -0.39 is 41.1 Å². The molecule has 0 saturated heterocycles. The van der Waals surface area contributed by atoms with Crippen LogP contribution in [0.3, 0.4) is 0 Å². The van der Waals surface area contributed by atoms with Crippen molar-refractivity contribution in [3.63, 3.8) is 0 Å². The summed E-state index contributed by atoms with van der Waals surface area (Å²) < 4.78 is 69.6. The lowest BCUT2D eigenvalue weighted by atomic mass is 10.1. The second-order valence-electron chi connectivity index (χ2n) is 4.87. The Morgan fingerprint density at radius 3 is 2.38 bits per heavy atom. The van der Waals surface area contributed by atoms with Crippen LogP contribution in [0.25, 0.3) is 0 Å². The summed E-state index contributed by atoms with van der Waals surface area (Å²) in [6.45, 7) is 1.27. The van der Waals surface area contributed by atoms with Gasteiger partial charge >= 0.3 is 6.18 Å². The topological polar surface area (TPSA) is 38.3 Å². The van der Waals surface area contributed by atoms with Crippen LogP contribution in [0, 0.1) is 11.6 Å². The number of rotatable bonds is 4. The SMILES string of the molecule is CC(Oc1ccc(F)c(F)c1)C(=O)Nc1ccccc1C(F)(F)F. The quantitative estimate of drug-likeness (QED) is 0.835. The molecule has 128 valence electrons. The van der Waals surface area contributed by atoms with Gasteiger partial charge in [0.15, 0.2) is 17.7 Å². The van der Waals surface area contributed by atoms with Crippen LogP contribution in [0.15, 0.2) is 42.5 Å². The van der Waals surface area contributed by atoms with Gasteiger partial charge in [-0.15, -0.1) is 0 Å². The zero-order chi connectivity index (χ0) is 17.9. The third kappa shape index (κ3) is 4.21. The average molecular weight is 345 g/mol. The van der Waals surface area contributed by atoms with Crippen LogP contribution in [0.2, 0.25) is 0 Å². The van der Waals surface area contributed by atoms with Crippen LogP contribution < -0.4 is 10.1 Å². The number of amides is 1. The molecule has 2 aromatic rings. The zero-order valence-electron chi connectivity index (χ0n) is 12.3. The molecule has 0 aliphatic carbocycles. The maximum absolute atomic E-state index is 13.1. The van der Waals surface area contributed by atoms with E-state index in [2.05, 4.69) is 5.32 Å². The number of halogens is 5. The van der Waals surface area contributed by atoms with Crippen LogP contribution >= 0.6 is 0 Å². The van der Waals surface area contributed by atoms with Gasteiger partial charge in [0.25, 0.3) is 5.91 Å². The number of para-hydroxylation sites is 1. The summed E-state index contributed by atoms with van der Waals surface area (Å²) in [4.78, 5) is 12.0. The number of hydrogen-bond donors (Lipinski definition) is 1. The first-order valence-corrected chi connectivity index (χ1v) is 6.77. The minimum atomic E-state index is -4.63. The van der Waals surface area contributed by atoms with E-state index in [0.717, 1.165) is 30.3 Å². The molecule has 0 bridgehead atoms. The van der Waals surface area contributed by atoms with Crippen LogP contribution in [0.1, 0.15) is 12.5 Å². The smallest absolute Gasteiger partial charge is 0.418 e. The molecule has 0 radical (unpaired) electrons. The molecule has 1 amide bonds. The highest BCUT2D eigenvalue weighted by Gasteiger charge is 2.34. The molecular weight excluding hydrogens is 333 g/mol. The van der Waals surface area contributed by atoms with Crippen molar-refractivity contribution in [2.24, 2.45) is 0 Å². The predicted molar refractivity (Wildman–Crippen MR) is 76.5 cm³/mol. The third-order valence-corrected chi connectivity index (χ3v) is 3.06. The molecule has 0 aromatic heterocycles. The summed E-state index contributed by atoms with van der Waals surface area (Å²) in [5, 5.41) is 2.11. The molecule has 1 unspecified atom stereocenters. The predicted octanol–water partition coefficient (Wildman–Crippen LogP) is 4.39. The van der Waals surface area contributed by atoms with Gasteiger partial charge in [0.1, 0.15) is 5.75 Å². The van der Waals surface area contributed by atoms with E-state index in [9.17, 15) is 26.7 Å². The fourth-order valence-electron chi connectivity index (χ4n) is 1.88. The monoisotopic (exact) mass is 345 g/mol. The fraction of sp³-hybridized carbons (Fsp3) is 0.188. The lowest BCUT2D eigenvalue weighted by Gasteiger charge is -2.17. The Bertz CT molecular complexity index is 745. The second-order valence-corrected chi connectivity index (χ2v) is 4.87. The summed E-state index contributed by atoms with van der Waals surface area (Å²) in [7, 11) is 0. The first kappa shape index (κ1) is 17.7. The minimum Gasteiger partial charge on any atom is -0.481 e. The average Bonchev–Trinajstić information content (AvgIpc) is 2.50. The van der Waals surface area contributed by atoms with Gasteiger partial charge in [0, 0.05) is 6.07 Å². The number of anilines is 1. The van der Waals surface area contributed by atoms with Crippen molar-refractivity contribution in [2.45, 2.75) is 19.2 Å². The highest BCUT2D eigenvalue weighted by atomic mass is 19.4. The van der Waals surface area contributed by atoms with Gasteiger partial charge in [-0.2, -0.15) is 13.2 Å². The number of alkyl halides is 3. The van der Waals surface area contributed by atoms with Crippen LogP contribution in [0.5, 0.6) is 5.75 Å². The standard InChI is InChI=1S/C16H12F5NO2/c1-9(24-10-6-7-12(17)13(18)8-10)15(23)22-14-5-3-2-4-11(14)16(19,20)21/h2-9H,1H3,(H,22,23). The summed E-state index contributed by atoms with van der Waals surface area (Å²) in [5.74, 6) is -3.24. The Kier molecular flexibility index (Phi) is 5.06. The van der Waals surface area contributed by atoms with Crippen molar-refractivity contribution in [1.29, 1.82) is 0 Å². The van der Waals surface area contributed by atoms with Crippen LogP contribution in [-0.2, 0) is 11.0 Å². The minimum absolute atomic E-state index is 0.124. The number of carbonyl (C=O) groups is 1. The molecule has 3 nitrogen and oxygen atoms in total. The van der Waals surface area contributed by atoms with Crippen LogP contribution in [0.4, 0.5) is 27.6 Å². The van der Waals surface area contributed by atoms with Gasteiger partial charge in [-0.1, -0.05) is 12.1 Å². The van der Waals surface area contributed by atoms with Gasteiger partial charge in [-0.25, -0.2) is 8.78 Å². The molecular formula is C16H12F5NO2. The van der Waals surface area contributed by atoms with Gasteiger partial charge in [-0.05, 0) is 31.2 Å². The Balaban J connectivity index is 2.11. The summed E-state index contributed by atoms with van der Waals surface area (Å²) in [6.07, 6.45) is -5.86. The first-order valence-electron chi connectivity index (χ1n) is 6.77. The van der Waals surface area contributed by atoms with E-state index in [1.165, 1.54) is 19.1 Å². The van der Waals surface area contributed by atoms with E-state index in [1.54, 1.807) is 0 Å². The van der Waals surface area contributed by atoms with Gasteiger partial charge in [0.05, 0.1) is 11.3 Å². The molecule has 0 fully saturated rings. The van der Waals surface area contributed by atoms with E-state index in [4.69, 9.17) is 4.74 Å². The number of carbonyl (C=O) groups excluding carboxylic acids is 1. The Morgan fingerprint density at radius 2 is 1.75 bits per heavy atom. The van der Waals surface area contributed by atoms with Crippen LogP contribution in [-0.4, -0.2) is 12.0 Å². The molecule has 0 spiro atoms. The summed E-state index contributed by atoms with van der Waals surface area (Å²) in [5.41, 5.74) is -1.42. The zero-order valence-corrected chi connectivity index (χ0v) is 12.3. The molecule has 2 rings (SSSR count). The molecule has 0 aliphatic rings. The van der Waals surface area contributed by atoms with Gasteiger partial charge in [-0.3, -0.25) is 4.79 Å². The molecule has 8 heteroatoms. The number of nitrogens with one attached hydrogen (secondary N) is 1. The molecule has 0 saturated carbocycles. The lowest BCUT2D eigenvalue weighted by molar-refractivity contribution is -0.137. The molecule has 24 heavy (non-hydrogen) atoms. The molecule has 0 heterocycles. The van der Waals surface area contributed by atoms with Crippen molar-refractivity contribution in [3.8, 4) is 5.75 Å². The highest BCUT2D eigenvalue weighted by molar-refractivity contribution is 5.94. The van der Waals surface area contributed by atoms with Gasteiger partial charge < -0.3 is 10.1 Å². The van der Waals surface area contributed by atoms with Gasteiger partial charge in [0.2, 0.25) is 0 Å². The van der Waals surface area contributed by atoms with E-state index in [-0.39, 0.29) is 5.75 Å². The maximum atomic E-state index is 13.1. The summed E-state index contributed by atoms with van der Waals surface area (Å²) in [6, 6.07) is 7.12. The Labute approximate surface area is 134 Å². The maximum Gasteiger partial charge on any atom is 0.418 e. The number of hydrogen-bond acceptors (Lipinski definition) is 2. The van der Waals surface area contributed by atoms with E-state index in [0.29, 0.717) is 0 Å². The van der Waals surface area contributed by atoms with Crippen molar-refractivity contribution in [2.75, 3.05) is 5.32 Å². The third-order valence-electron chi connectivity index (χ3n) is 3.06. The number of benzene rings is 2. The number of ether oxygens (including phenoxy) is 1. The Morgan fingerprint density at radius 1 is 1.08 bits per heavy atom. The largest absolute Gasteiger partial charge is 0.481 e. The molecule has 0 aliphatic heterocycles. The van der Waals surface area contributed by atoms with E-state index in [1.807, 2.05) is 0 Å². The second kappa shape index (κ2) is 6.86. The summed E-state index contributed by atoms with van der Waals surface area (Å²) >= 11 is 0. The Hall–Kier alpha value is -2.64. The van der Waals surface area contributed by atoms with Crippen molar-refractivity contribution in [3.05, 3.63) is 59.7 Å². The lowest BCUT2D eigenvalue weighted by Crippen LogP contribution is -2.31. The van der Waals surface area contributed by atoms with Crippen molar-refractivity contribution < 1.29 is 31.5 Å². The molecule has 1 N–H and O–H groups in total. The van der Waals surface area contributed by atoms with Crippen molar-refractivity contribution in [1.82, 2.24) is 0 Å².